The minimum absolute atomic E-state index is 0. The first-order valence-electron chi connectivity index (χ1n) is 7.58. The van der Waals surface area contributed by atoms with Crippen molar-refractivity contribution in [2.75, 3.05) is 31.1 Å². The Kier molecular flexibility index (Phi) is 5.04. The summed E-state index contributed by atoms with van der Waals surface area (Å²) >= 11 is 7.59. The van der Waals surface area contributed by atoms with Gasteiger partial charge in [0, 0.05) is 37.8 Å². The Bertz CT molecular complexity index is 852. The van der Waals surface area contributed by atoms with Gasteiger partial charge in [0.15, 0.2) is 0 Å². The van der Waals surface area contributed by atoms with Gasteiger partial charge in [-0.3, -0.25) is 4.79 Å². The number of aromatic nitrogens is 1. The molecule has 0 unspecified atom stereocenters. The molecular weight excluding hydrogens is 365 g/mol. The molecule has 0 atom stereocenters. The number of H-pyrrole nitrogens is 1. The maximum atomic E-state index is 12.8. The number of anilines is 1. The molecule has 1 aliphatic heterocycles. The van der Waals surface area contributed by atoms with Crippen molar-refractivity contribution < 1.29 is 4.79 Å². The molecule has 3 heterocycles. The smallest absolute Gasteiger partial charge is 0.256 e. The van der Waals surface area contributed by atoms with E-state index < -0.39 is 0 Å². The van der Waals surface area contributed by atoms with Crippen molar-refractivity contribution in [1.82, 2.24) is 9.88 Å². The van der Waals surface area contributed by atoms with Crippen LogP contribution in [0, 0.1) is 0 Å². The molecule has 0 bridgehead atoms. The molecule has 0 radical (unpaired) electrons. The molecule has 126 valence electrons. The summed E-state index contributed by atoms with van der Waals surface area (Å²) in [5.41, 5.74) is 1.67. The number of nitrogens with one attached hydrogen (secondary N) is 1. The molecule has 0 spiro atoms. The van der Waals surface area contributed by atoms with Crippen molar-refractivity contribution in [3.63, 3.8) is 0 Å². The molecule has 3 aromatic rings. The third kappa shape index (κ3) is 3.11. The highest BCUT2D eigenvalue weighted by atomic mass is 35.5. The van der Waals surface area contributed by atoms with Gasteiger partial charge >= 0.3 is 0 Å². The van der Waals surface area contributed by atoms with Crippen LogP contribution < -0.4 is 4.90 Å². The number of halogens is 2. The molecule has 1 saturated heterocycles. The number of para-hydroxylation sites is 1. The number of thiophene rings is 1. The summed E-state index contributed by atoms with van der Waals surface area (Å²) in [5, 5.41) is 2.25. The fourth-order valence-corrected chi connectivity index (χ4v) is 4.12. The van der Waals surface area contributed by atoms with Gasteiger partial charge in [-0.05, 0) is 24.3 Å². The molecule has 1 aromatic carbocycles. The maximum absolute atomic E-state index is 12.8. The summed E-state index contributed by atoms with van der Waals surface area (Å²) in [6.45, 7) is 3.13. The average Bonchev–Trinajstić information content (AvgIpc) is 3.22. The number of hydrogen-bond acceptors (Lipinski definition) is 3. The van der Waals surface area contributed by atoms with E-state index in [0.717, 1.165) is 47.0 Å². The van der Waals surface area contributed by atoms with Crippen LogP contribution in [-0.4, -0.2) is 42.0 Å². The second kappa shape index (κ2) is 7.05. The van der Waals surface area contributed by atoms with Crippen LogP contribution >= 0.6 is 35.3 Å². The Morgan fingerprint density at radius 1 is 1.08 bits per heavy atom. The number of amides is 1. The molecule has 1 aliphatic rings. The lowest BCUT2D eigenvalue weighted by molar-refractivity contribution is 0.0749. The number of benzene rings is 1. The van der Waals surface area contributed by atoms with Crippen molar-refractivity contribution in [3.8, 4) is 0 Å². The summed E-state index contributed by atoms with van der Waals surface area (Å²) in [6, 6.07) is 11.8. The van der Waals surface area contributed by atoms with Gasteiger partial charge in [-0.1, -0.05) is 23.7 Å². The van der Waals surface area contributed by atoms with E-state index in [4.69, 9.17) is 11.6 Å². The summed E-state index contributed by atoms with van der Waals surface area (Å²) in [6.07, 6.45) is 1.87. The summed E-state index contributed by atoms with van der Waals surface area (Å²) < 4.78 is 0.803. The molecule has 1 N–H and O–H groups in total. The van der Waals surface area contributed by atoms with Crippen molar-refractivity contribution >= 4 is 57.2 Å². The summed E-state index contributed by atoms with van der Waals surface area (Å²) in [5.74, 6) is 0.0990. The Morgan fingerprint density at radius 3 is 2.58 bits per heavy atom. The third-order valence-corrected chi connectivity index (χ3v) is 5.55. The fourth-order valence-electron chi connectivity index (χ4n) is 3.04. The van der Waals surface area contributed by atoms with E-state index in [9.17, 15) is 4.79 Å². The highest BCUT2D eigenvalue weighted by Gasteiger charge is 2.24. The molecule has 0 aliphatic carbocycles. The normalized spacial score (nSPS) is 14.7. The Labute approximate surface area is 155 Å². The monoisotopic (exact) mass is 381 g/mol. The minimum atomic E-state index is 0. The number of piperazine rings is 1. The van der Waals surface area contributed by atoms with E-state index in [1.807, 2.05) is 47.5 Å². The fraction of sp³-hybridized carbons (Fsp3) is 0.235. The van der Waals surface area contributed by atoms with Gasteiger partial charge in [0.05, 0.1) is 20.4 Å². The van der Waals surface area contributed by atoms with E-state index in [0.29, 0.717) is 0 Å². The van der Waals surface area contributed by atoms with Crippen molar-refractivity contribution in [3.05, 3.63) is 52.5 Å². The lowest BCUT2D eigenvalue weighted by Gasteiger charge is -2.35. The second-order valence-electron chi connectivity index (χ2n) is 5.60. The second-order valence-corrected chi connectivity index (χ2v) is 7.30. The number of nitrogens with zero attached hydrogens (tertiary/aromatic N) is 2. The number of aromatic amines is 1. The third-order valence-electron chi connectivity index (χ3n) is 4.26. The van der Waals surface area contributed by atoms with Crippen LogP contribution in [0.1, 0.15) is 10.4 Å². The van der Waals surface area contributed by atoms with Crippen LogP contribution in [0.3, 0.4) is 0 Å². The van der Waals surface area contributed by atoms with Crippen LogP contribution in [0.25, 0.3) is 10.9 Å². The van der Waals surface area contributed by atoms with Crippen LogP contribution in [0.15, 0.2) is 42.6 Å². The van der Waals surface area contributed by atoms with Crippen LogP contribution in [0.4, 0.5) is 5.00 Å². The molecule has 4 rings (SSSR count). The number of fused-ring (bicyclic) bond motifs is 1. The van der Waals surface area contributed by atoms with Crippen LogP contribution in [0.5, 0.6) is 0 Å². The van der Waals surface area contributed by atoms with E-state index in [-0.39, 0.29) is 18.3 Å². The molecule has 24 heavy (non-hydrogen) atoms. The Balaban J connectivity index is 0.00000169. The molecule has 0 saturated carbocycles. The van der Waals surface area contributed by atoms with Gasteiger partial charge in [0.1, 0.15) is 0 Å². The van der Waals surface area contributed by atoms with E-state index in [1.165, 1.54) is 5.00 Å². The van der Waals surface area contributed by atoms with Crippen molar-refractivity contribution in [1.29, 1.82) is 0 Å². The average molecular weight is 382 g/mol. The minimum Gasteiger partial charge on any atom is -0.361 e. The van der Waals surface area contributed by atoms with Crippen LogP contribution in [-0.2, 0) is 0 Å². The highest BCUT2D eigenvalue weighted by molar-refractivity contribution is 7.19. The molecular formula is C17H17Cl2N3OS. The highest BCUT2D eigenvalue weighted by Crippen LogP contribution is 2.30. The standard InChI is InChI=1S/C17H16ClN3OS.ClH/c18-14-4-5-15(23-14)20-8-10-21(11-9-20)17(22)13-3-1-2-12-6-7-19-16(12)13;/h1-7,19H,8-11H2;1H. The first kappa shape index (κ1) is 17.1. The largest absolute Gasteiger partial charge is 0.361 e. The zero-order valence-electron chi connectivity index (χ0n) is 12.9. The van der Waals surface area contributed by atoms with Gasteiger partial charge in [0.25, 0.3) is 5.91 Å². The topological polar surface area (TPSA) is 39.3 Å². The van der Waals surface area contributed by atoms with Gasteiger partial charge < -0.3 is 14.8 Å². The van der Waals surface area contributed by atoms with Crippen molar-refractivity contribution in [2.24, 2.45) is 0 Å². The molecule has 2 aromatic heterocycles. The molecule has 7 heteroatoms. The number of carbonyl (C=O) groups is 1. The summed E-state index contributed by atoms with van der Waals surface area (Å²) in [7, 11) is 0. The SMILES string of the molecule is Cl.O=C(c1cccc2cc[nH]c12)N1CCN(c2ccc(Cl)s2)CC1. The maximum Gasteiger partial charge on any atom is 0.256 e. The first-order valence-corrected chi connectivity index (χ1v) is 8.77. The van der Waals surface area contributed by atoms with Crippen molar-refractivity contribution in [2.45, 2.75) is 0 Å². The molecule has 4 nitrogen and oxygen atoms in total. The van der Waals surface area contributed by atoms with E-state index in [1.54, 1.807) is 11.3 Å². The first-order chi connectivity index (χ1) is 11.2. The zero-order chi connectivity index (χ0) is 15.8. The number of hydrogen-bond donors (Lipinski definition) is 1. The quantitative estimate of drug-likeness (QED) is 0.719. The Morgan fingerprint density at radius 2 is 1.88 bits per heavy atom. The molecule has 1 amide bonds. The van der Waals surface area contributed by atoms with Gasteiger partial charge in [0.2, 0.25) is 0 Å². The van der Waals surface area contributed by atoms with Gasteiger partial charge in [-0.25, -0.2) is 0 Å². The number of carbonyl (C=O) groups excluding carboxylic acids is 1. The predicted octanol–water partition coefficient (Wildman–Crippen LogP) is 4.27. The number of rotatable bonds is 2. The zero-order valence-corrected chi connectivity index (χ0v) is 15.3. The van der Waals surface area contributed by atoms with E-state index in [2.05, 4.69) is 9.88 Å². The van der Waals surface area contributed by atoms with Gasteiger partial charge in [-0.15, -0.1) is 23.7 Å². The predicted molar refractivity (Wildman–Crippen MR) is 103 cm³/mol. The lowest BCUT2D eigenvalue weighted by atomic mass is 10.1. The van der Waals surface area contributed by atoms with Gasteiger partial charge in [-0.2, -0.15) is 0 Å². The van der Waals surface area contributed by atoms with Crippen LogP contribution in [0.2, 0.25) is 4.34 Å². The Hall–Kier alpha value is -1.69. The molecule has 1 fully saturated rings. The van der Waals surface area contributed by atoms with E-state index >= 15 is 0 Å². The lowest BCUT2D eigenvalue weighted by Crippen LogP contribution is -2.48. The summed E-state index contributed by atoms with van der Waals surface area (Å²) in [4.78, 5) is 20.2.